The quantitative estimate of drug-likeness (QED) is 0.739. The summed E-state index contributed by atoms with van der Waals surface area (Å²) < 4.78 is 2.57. The molecule has 1 aromatic rings. The van der Waals surface area contributed by atoms with Crippen molar-refractivity contribution in [2.24, 2.45) is 7.05 Å². The van der Waals surface area contributed by atoms with E-state index in [2.05, 4.69) is 34.9 Å². The van der Waals surface area contributed by atoms with Crippen LogP contribution >= 0.6 is 15.9 Å². The predicted molar refractivity (Wildman–Crippen MR) is 49.7 cm³/mol. The first-order valence-electron chi connectivity index (χ1n) is 3.70. The molecular weight excluding hydrogens is 218 g/mol. The maximum atomic E-state index is 8.68. The highest BCUT2D eigenvalue weighted by molar-refractivity contribution is 9.10. The normalized spacial score (nSPS) is 10.3. The second-order valence-corrected chi connectivity index (χ2v) is 3.73. The Morgan fingerprint density at radius 3 is 2.42 bits per heavy atom. The summed E-state index contributed by atoms with van der Waals surface area (Å²) in [6.07, 6.45) is 0. The molecule has 0 aromatic carbocycles. The molecule has 0 amide bonds. The highest BCUT2D eigenvalue weighted by Gasteiger charge is 2.15. The van der Waals surface area contributed by atoms with Crippen LogP contribution in [-0.4, -0.2) is 9.78 Å². The van der Waals surface area contributed by atoms with Crippen LogP contribution in [0, 0.1) is 11.3 Å². The van der Waals surface area contributed by atoms with Crippen molar-refractivity contribution in [2.45, 2.75) is 19.8 Å². The predicted octanol–water partition coefficient (Wildman–Crippen LogP) is 2.18. The van der Waals surface area contributed by atoms with Crippen molar-refractivity contribution in [3.05, 3.63) is 15.9 Å². The Hall–Kier alpha value is -0.820. The van der Waals surface area contributed by atoms with Crippen LogP contribution in [0.15, 0.2) is 4.47 Å². The van der Waals surface area contributed by atoms with Gasteiger partial charge in [-0.2, -0.15) is 10.4 Å². The fraction of sp³-hybridized carbons (Fsp3) is 0.500. The zero-order valence-electron chi connectivity index (χ0n) is 7.30. The van der Waals surface area contributed by atoms with E-state index in [-0.39, 0.29) is 0 Å². The molecule has 4 heteroatoms. The van der Waals surface area contributed by atoms with Gasteiger partial charge in [-0.25, -0.2) is 0 Å². The van der Waals surface area contributed by atoms with Crippen LogP contribution in [-0.2, 0) is 7.05 Å². The van der Waals surface area contributed by atoms with Gasteiger partial charge in [-0.3, -0.25) is 4.68 Å². The molecule has 64 valence electrons. The molecule has 1 aromatic heterocycles. The van der Waals surface area contributed by atoms with Crippen molar-refractivity contribution in [2.75, 3.05) is 0 Å². The summed E-state index contributed by atoms with van der Waals surface area (Å²) in [5.74, 6) is 0.374. The zero-order chi connectivity index (χ0) is 9.30. The number of hydrogen-bond donors (Lipinski definition) is 0. The number of halogens is 1. The lowest BCUT2D eigenvalue weighted by Gasteiger charge is -2.04. The Labute approximate surface area is 80.1 Å². The van der Waals surface area contributed by atoms with Crippen molar-refractivity contribution < 1.29 is 0 Å². The van der Waals surface area contributed by atoms with Gasteiger partial charge in [0.25, 0.3) is 0 Å². The number of aryl methyl sites for hydroxylation is 1. The van der Waals surface area contributed by atoms with E-state index in [0.717, 1.165) is 10.2 Å². The molecule has 1 rings (SSSR count). The molecule has 12 heavy (non-hydrogen) atoms. The minimum Gasteiger partial charge on any atom is -0.270 e. The summed E-state index contributed by atoms with van der Waals surface area (Å²) in [6.45, 7) is 4.14. The molecule has 3 nitrogen and oxygen atoms in total. The summed E-state index contributed by atoms with van der Waals surface area (Å²) >= 11 is 3.36. The SMILES string of the molecule is CC(C)c1c(Br)c(C#N)nn1C. The standard InChI is InChI=1S/C8H10BrN3/c1-5(2)8-7(9)6(4-10)11-12(8)3/h5H,1-3H3. The molecule has 0 aliphatic heterocycles. The molecule has 0 aliphatic rings. The van der Waals surface area contributed by atoms with E-state index in [1.54, 1.807) is 4.68 Å². The van der Waals surface area contributed by atoms with E-state index < -0.39 is 0 Å². The zero-order valence-corrected chi connectivity index (χ0v) is 8.88. The van der Waals surface area contributed by atoms with Gasteiger partial charge in [-0.15, -0.1) is 0 Å². The molecule has 0 atom stereocenters. The summed E-state index contributed by atoms with van der Waals surface area (Å²) in [4.78, 5) is 0. The van der Waals surface area contributed by atoms with E-state index in [1.807, 2.05) is 13.1 Å². The molecule has 0 spiro atoms. The fourth-order valence-electron chi connectivity index (χ4n) is 1.21. The molecule has 0 unspecified atom stereocenters. The Kier molecular flexibility index (Phi) is 2.53. The van der Waals surface area contributed by atoms with Crippen molar-refractivity contribution in [1.29, 1.82) is 5.26 Å². The average molecular weight is 228 g/mol. The van der Waals surface area contributed by atoms with Gasteiger partial charge >= 0.3 is 0 Å². The highest BCUT2D eigenvalue weighted by Crippen LogP contribution is 2.26. The molecule has 0 aliphatic carbocycles. The maximum absolute atomic E-state index is 8.68. The van der Waals surface area contributed by atoms with Gasteiger partial charge in [-0.05, 0) is 21.8 Å². The number of hydrogen-bond acceptors (Lipinski definition) is 2. The number of aromatic nitrogens is 2. The van der Waals surface area contributed by atoms with Crippen molar-refractivity contribution in [1.82, 2.24) is 9.78 Å². The molecule has 0 bridgehead atoms. The van der Waals surface area contributed by atoms with Gasteiger partial charge in [0.1, 0.15) is 6.07 Å². The summed E-state index contributed by atoms with van der Waals surface area (Å²) in [6, 6.07) is 2.03. The molecule has 1 heterocycles. The largest absolute Gasteiger partial charge is 0.270 e. The topological polar surface area (TPSA) is 41.6 Å². The Morgan fingerprint density at radius 2 is 2.17 bits per heavy atom. The van der Waals surface area contributed by atoms with E-state index in [1.165, 1.54) is 0 Å². The highest BCUT2D eigenvalue weighted by atomic mass is 79.9. The maximum Gasteiger partial charge on any atom is 0.176 e. The first-order chi connectivity index (χ1) is 5.57. The van der Waals surface area contributed by atoms with Crippen LogP contribution in [0.1, 0.15) is 31.2 Å². The number of rotatable bonds is 1. The van der Waals surface area contributed by atoms with Gasteiger partial charge in [0.05, 0.1) is 10.2 Å². The molecule has 0 radical (unpaired) electrons. The summed E-state index contributed by atoms with van der Waals surface area (Å²) in [5, 5.41) is 12.7. The van der Waals surface area contributed by atoms with E-state index in [4.69, 9.17) is 5.26 Å². The van der Waals surface area contributed by atoms with Gasteiger partial charge in [0, 0.05) is 7.05 Å². The second kappa shape index (κ2) is 3.28. The van der Waals surface area contributed by atoms with Crippen LogP contribution in [0.4, 0.5) is 0 Å². The lowest BCUT2D eigenvalue weighted by Crippen LogP contribution is -1.99. The first kappa shape index (κ1) is 9.27. The summed E-state index contributed by atoms with van der Waals surface area (Å²) in [5.41, 5.74) is 1.52. The van der Waals surface area contributed by atoms with E-state index in [0.29, 0.717) is 11.6 Å². The molecule has 0 N–H and O–H groups in total. The van der Waals surface area contributed by atoms with Crippen LogP contribution in [0.2, 0.25) is 0 Å². The van der Waals surface area contributed by atoms with Crippen molar-refractivity contribution in [3.63, 3.8) is 0 Å². The first-order valence-corrected chi connectivity index (χ1v) is 4.49. The average Bonchev–Trinajstić information content (AvgIpc) is 2.25. The van der Waals surface area contributed by atoms with E-state index >= 15 is 0 Å². The molecule has 0 fully saturated rings. The number of nitriles is 1. The molecular formula is C8H10BrN3. The fourth-order valence-corrected chi connectivity index (χ4v) is 2.09. The van der Waals surface area contributed by atoms with Crippen LogP contribution in [0.5, 0.6) is 0 Å². The Morgan fingerprint density at radius 1 is 1.58 bits per heavy atom. The minimum atomic E-state index is 0.374. The van der Waals surface area contributed by atoms with E-state index in [9.17, 15) is 0 Å². The van der Waals surface area contributed by atoms with Gasteiger partial charge in [0.2, 0.25) is 0 Å². The third-order valence-electron chi connectivity index (χ3n) is 1.68. The lowest BCUT2D eigenvalue weighted by atomic mass is 10.1. The Balaban J connectivity index is 3.31. The lowest BCUT2D eigenvalue weighted by molar-refractivity contribution is 0.666. The van der Waals surface area contributed by atoms with Crippen molar-refractivity contribution >= 4 is 15.9 Å². The number of nitrogens with zero attached hydrogens (tertiary/aromatic N) is 3. The van der Waals surface area contributed by atoms with Crippen LogP contribution in [0.25, 0.3) is 0 Å². The van der Waals surface area contributed by atoms with Crippen LogP contribution < -0.4 is 0 Å². The third-order valence-corrected chi connectivity index (χ3v) is 2.47. The monoisotopic (exact) mass is 227 g/mol. The second-order valence-electron chi connectivity index (χ2n) is 2.94. The van der Waals surface area contributed by atoms with Gasteiger partial charge in [-0.1, -0.05) is 13.8 Å². The Bertz CT molecular complexity index is 333. The van der Waals surface area contributed by atoms with Gasteiger partial charge in [0.15, 0.2) is 5.69 Å². The van der Waals surface area contributed by atoms with Crippen LogP contribution in [0.3, 0.4) is 0 Å². The van der Waals surface area contributed by atoms with Gasteiger partial charge < -0.3 is 0 Å². The summed E-state index contributed by atoms with van der Waals surface area (Å²) in [7, 11) is 1.85. The molecule has 0 saturated heterocycles. The minimum absolute atomic E-state index is 0.374. The van der Waals surface area contributed by atoms with Crippen molar-refractivity contribution in [3.8, 4) is 6.07 Å². The third kappa shape index (κ3) is 1.37. The smallest absolute Gasteiger partial charge is 0.176 e. The molecule has 0 saturated carbocycles.